The maximum Gasteiger partial charge on any atom is 0.306 e. The summed E-state index contributed by atoms with van der Waals surface area (Å²) in [6, 6.07) is 12.6. The monoisotopic (exact) mass is 378 g/mol. The van der Waals surface area contributed by atoms with E-state index in [1.165, 1.54) is 0 Å². The summed E-state index contributed by atoms with van der Waals surface area (Å²) < 4.78 is 13.1. The highest BCUT2D eigenvalue weighted by atomic mass is 31.2. The van der Waals surface area contributed by atoms with Crippen LogP contribution in [0, 0.1) is 5.92 Å². The summed E-state index contributed by atoms with van der Waals surface area (Å²) in [5.74, 6) is -3.17. The zero-order valence-electron chi connectivity index (χ0n) is 14.5. The number of hydrogen-bond donors (Lipinski definition) is 3. The van der Waals surface area contributed by atoms with Crippen molar-refractivity contribution in [3.63, 3.8) is 0 Å². The fraction of sp³-hybridized carbons (Fsp3) is 0.368. The number of aliphatic carboxylic acids is 2. The van der Waals surface area contributed by atoms with Gasteiger partial charge in [0, 0.05) is 17.4 Å². The predicted octanol–water partition coefficient (Wildman–Crippen LogP) is 3.47. The molecule has 3 N–H and O–H groups in total. The van der Waals surface area contributed by atoms with E-state index in [1.807, 2.05) is 24.3 Å². The van der Waals surface area contributed by atoms with Crippen LogP contribution in [0.15, 0.2) is 42.5 Å². The summed E-state index contributed by atoms with van der Waals surface area (Å²) >= 11 is 0. The Balaban J connectivity index is 2.28. The summed E-state index contributed by atoms with van der Waals surface area (Å²) in [6.45, 7) is 1.74. The minimum absolute atomic E-state index is 0.0281. The van der Waals surface area contributed by atoms with Crippen molar-refractivity contribution < 1.29 is 29.3 Å². The molecule has 0 radical (unpaired) electrons. The Bertz CT molecular complexity index is 847. The number of hydrogen-bond acceptors (Lipinski definition) is 3. The first kappa shape index (κ1) is 20.1. The first-order valence-electron chi connectivity index (χ1n) is 8.52. The van der Waals surface area contributed by atoms with E-state index in [0.717, 1.165) is 10.8 Å². The summed E-state index contributed by atoms with van der Waals surface area (Å²) in [7, 11) is -3.81. The Morgan fingerprint density at radius 3 is 2.31 bits per heavy atom. The van der Waals surface area contributed by atoms with Gasteiger partial charge in [-0.2, -0.15) is 0 Å². The molecule has 7 heteroatoms. The fourth-order valence-corrected chi connectivity index (χ4v) is 5.18. The van der Waals surface area contributed by atoms with E-state index in [4.69, 9.17) is 5.11 Å². The molecule has 0 saturated heterocycles. The molecule has 140 valence electrons. The van der Waals surface area contributed by atoms with E-state index in [1.54, 1.807) is 25.1 Å². The highest BCUT2D eigenvalue weighted by molar-refractivity contribution is 7.66. The Kier molecular flexibility index (Phi) is 6.57. The molecule has 0 aliphatic carbocycles. The van der Waals surface area contributed by atoms with Crippen molar-refractivity contribution >= 4 is 35.4 Å². The largest absolute Gasteiger partial charge is 0.481 e. The van der Waals surface area contributed by atoms with Crippen LogP contribution < -0.4 is 5.30 Å². The van der Waals surface area contributed by atoms with Crippen LogP contribution >= 0.6 is 7.37 Å². The normalized spacial score (nSPS) is 15.9. The highest BCUT2D eigenvalue weighted by Crippen LogP contribution is 2.49. The Labute approximate surface area is 151 Å². The first-order valence-corrected chi connectivity index (χ1v) is 10.2. The van der Waals surface area contributed by atoms with Gasteiger partial charge in [0.2, 0.25) is 7.37 Å². The van der Waals surface area contributed by atoms with Crippen LogP contribution in [-0.2, 0) is 14.2 Å². The first-order chi connectivity index (χ1) is 12.3. The van der Waals surface area contributed by atoms with Gasteiger partial charge in [-0.1, -0.05) is 37.3 Å². The molecule has 0 spiro atoms. The number of fused-ring (bicyclic) bond motifs is 1. The van der Waals surface area contributed by atoms with Crippen molar-refractivity contribution in [3.05, 3.63) is 42.5 Å². The van der Waals surface area contributed by atoms with Crippen LogP contribution in [0.5, 0.6) is 0 Å². The van der Waals surface area contributed by atoms with Crippen LogP contribution in [0.25, 0.3) is 10.8 Å². The molecule has 0 amide bonds. The van der Waals surface area contributed by atoms with E-state index < -0.39 is 30.9 Å². The molecular formula is C19H23O6P. The molecule has 2 aromatic rings. The molecule has 0 aliphatic heterocycles. The van der Waals surface area contributed by atoms with Gasteiger partial charge < -0.3 is 15.1 Å². The zero-order valence-corrected chi connectivity index (χ0v) is 15.4. The van der Waals surface area contributed by atoms with Crippen molar-refractivity contribution in [2.24, 2.45) is 5.92 Å². The third kappa shape index (κ3) is 4.71. The van der Waals surface area contributed by atoms with Gasteiger partial charge in [-0.3, -0.25) is 14.2 Å². The lowest BCUT2D eigenvalue weighted by atomic mass is 9.97. The minimum atomic E-state index is -3.81. The average molecular weight is 378 g/mol. The Hall–Kier alpha value is -2.17. The van der Waals surface area contributed by atoms with Crippen molar-refractivity contribution in [2.75, 3.05) is 0 Å². The molecule has 6 nitrogen and oxygen atoms in total. The number of carboxylic acid groups (broad SMARTS) is 2. The third-order valence-electron chi connectivity index (χ3n) is 4.68. The zero-order chi connectivity index (χ0) is 19.3. The summed E-state index contributed by atoms with van der Waals surface area (Å²) in [6.07, 6.45) is -0.0326. The van der Waals surface area contributed by atoms with Gasteiger partial charge in [-0.05, 0) is 42.2 Å². The molecule has 2 aromatic carbocycles. The SMILES string of the molecule is CCC(CC(CCC(=O)O)C(=O)O)P(=O)(O)c1ccc2ccccc2c1. The lowest BCUT2D eigenvalue weighted by Crippen LogP contribution is -2.24. The second-order valence-corrected chi connectivity index (χ2v) is 8.91. The molecule has 0 aromatic heterocycles. The van der Waals surface area contributed by atoms with Gasteiger partial charge >= 0.3 is 11.9 Å². The molecule has 3 atom stereocenters. The maximum absolute atomic E-state index is 13.1. The van der Waals surface area contributed by atoms with E-state index >= 15 is 0 Å². The summed E-state index contributed by atoms with van der Waals surface area (Å²) in [5.41, 5.74) is -0.737. The molecule has 0 bridgehead atoms. The van der Waals surface area contributed by atoms with Crippen LogP contribution in [-0.4, -0.2) is 32.7 Å². The van der Waals surface area contributed by atoms with E-state index in [0.29, 0.717) is 11.7 Å². The second kappa shape index (κ2) is 8.47. The van der Waals surface area contributed by atoms with E-state index in [-0.39, 0.29) is 19.3 Å². The van der Waals surface area contributed by atoms with Crippen molar-refractivity contribution in [1.82, 2.24) is 0 Å². The van der Waals surface area contributed by atoms with E-state index in [2.05, 4.69) is 0 Å². The molecule has 0 heterocycles. The Morgan fingerprint density at radius 2 is 1.73 bits per heavy atom. The number of carboxylic acids is 2. The number of rotatable bonds is 9. The quantitative estimate of drug-likeness (QED) is 0.576. The second-order valence-electron chi connectivity index (χ2n) is 6.42. The summed E-state index contributed by atoms with van der Waals surface area (Å²) in [5, 5.41) is 20.2. The Morgan fingerprint density at radius 1 is 1.08 bits per heavy atom. The summed E-state index contributed by atoms with van der Waals surface area (Å²) in [4.78, 5) is 32.9. The minimum Gasteiger partial charge on any atom is -0.481 e. The lowest BCUT2D eigenvalue weighted by molar-refractivity contribution is -0.143. The molecule has 26 heavy (non-hydrogen) atoms. The van der Waals surface area contributed by atoms with E-state index in [9.17, 15) is 24.2 Å². The lowest BCUT2D eigenvalue weighted by Gasteiger charge is -2.25. The fourth-order valence-electron chi connectivity index (χ4n) is 3.11. The molecule has 0 aliphatic rings. The average Bonchev–Trinajstić information content (AvgIpc) is 2.60. The molecule has 2 rings (SSSR count). The van der Waals surface area contributed by atoms with Crippen molar-refractivity contribution in [1.29, 1.82) is 0 Å². The van der Waals surface area contributed by atoms with Crippen molar-refractivity contribution in [2.45, 2.75) is 38.3 Å². The van der Waals surface area contributed by atoms with Crippen LogP contribution in [0.3, 0.4) is 0 Å². The molecule has 0 saturated carbocycles. The highest BCUT2D eigenvalue weighted by Gasteiger charge is 2.35. The topological polar surface area (TPSA) is 112 Å². The predicted molar refractivity (Wildman–Crippen MR) is 100 cm³/mol. The van der Waals surface area contributed by atoms with Gasteiger partial charge in [0.1, 0.15) is 0 Å². The number of carbonyl (C=O) groups is 2. The van der Waals surface area contributed by atoms with Gasteiger partial charge in [-0.25, -0.2) is 0 Å². The van der Waals surface area contributed by atoms with Gasteiger partial charge in [0.25, 0.3) is 0 Å². The van der Waals surface area contributed by atoms with Crippen LogP contribution in [0.4, 0.5) is 0 Å². The van der Waals surface area contributed by atoms with Gasteiger partial charge in [0.15, 0.2) is 0 Å². The van der Waals surface area contributed by atoms with Gasteiger partial charge in [-0.15, -0.1) is 0 Å². The third-order valence-corrected chi connectivity index (χ3v) is 7.27. The van der Waals surface area contributed by atoms with Crippen LogP contribution in [0.2, 0.25) is 0 Å². The molecule has 0 fully saturated rings. The maximum atomic E-state index is 13.1. The van der Waals surface area contributed by atoms with Crippen LogP contribution in [0.1, 0.15) is 32.6 Å². The number of benzene rings is 2. The standard InChI is InChI=1S/C19H23O6P/c1-2-16(12-15(19(22)23)8-10-18(20)21)26(24,25)17-9-7-13-5-3-4-6-14(13)11-17/h3-7,9,11,15-16H,2,8,10,12H2,1H3,(H,20,21)(H,22,23)(H,24,25). The molecular weight excluding hydrogens is 355 g/mol. The van der Waals surface area contributed by atoms with Crippen molar-refractivity contribution in [3.8, 4) is 0 Å². The smallest absolute Gasteiger partial charge is 0.306 e. The van der Waals surface area contributed by atoms with Gasteiger partial charge in [0.05, 0.1) is 5.92 Å². The molecule has 3 unspecified atom stereocenters.